The quantitative estimate of drug-likeness (QED) is 0.480. The molecule has 4 nitrogen and oxygen atoms in total. The summed E-state index contributed by atoms with van der Waals surface area (Å²) in [4.78, 5) is 22.2. The maximum Gasteiger partial charge on any atom is 0.303 e. The highest BCUT2D eigenvalue weighted by molar-refractivity contribution is 5.95. The second-order valence-corrected chi connectivity index (χ2v) is 5.65. The van der Waals surface area contributed by atoms with Crippen LogP contribution in [0.2, 0.25) is 0 Å². The fraction of sp³-hybridized carbons (Fsp3) is 0.556. The van der Waals surface area contributed by atoms with Crippen LogP contribution in [0.15, 0.2) is 36.5 Å². The van der Waals surface area contributed by atoms with E-state index in [-0.39, 0.29) is 24.0 Å². The smallest absolute Gasteiger partial charge is 0.303 e. The van der Waals surface area contributed by atoms with Crippen molar-refractivity contribution < 1.29 is 19.8 Å². The van der Waals surface area contributed by atoms with Crippen molar-refractivity contribution in [2.75, 3.05) is 0 Å². The normalized spacial score (nSPS) is 22.9. The third-order valence-corrected chi connectivity index (χ3v) is 3.80. The molecule has 1 rings (SSSR count). The maximum absolute atomic E-state index is 11.8. The van der Waals surface area contributed by atoms with Crippen molar-refractivity contribution in [1.82, 2.24) is 0 Å². The molecule has 4 heteroatoms. The lowest BCUT2D eigenvalue weighted by atomic mass is 9.90. The van der Waals surface area contributed by atoms with Gasteiger partial charge in [0.05, 0.1) is 6.10 Å². The van der Waals surface area contributed by atoms with Gasteiger partial charge in [-0.2, -0.15) is 0 Å². The predicted molar refractivity (Wildman–Crippen MR) is 86.4 cm³/mol. The minimum atomic E-state index is -0.803. The highest BCUT2D eigenvalue weighted by Gasteiger charge is 2.27. The van der Waals surface area contributed by atoms with E-state index in [2.05, 4.69) is 13.0 Å². The molecule has 0 saturated heterocycles. The van der Waals surface area contributed by atoms with Crippen molar-refractivity contribution in [3.63, 3.8) is 0 Å². The first kappa shape index (κ1) is 18.4. The first-order valence-corrected chi connectivity index (χ1v) is 7.99. The minimum Gasteiger partial charge on any atom is -0.481 e. The molecule has 3 atom stereocenters. The van der Waals surface area contributed by atoms with Gasteiger partial charge < -0.3 is 10.2 Å². The van der Waals surface area contributed by atoms with Crippen molar-refractivity contribution in [2.45, 2.75) is 51.6 Å². The van der Waals surface area contributed by atoms with Crippen LogP contribution in [0.4, 0.5) is 0 Å². The molecule has 22 heavy (non-hydrogen) atoms. The number of carbonyl (C=O) groups excluding carboxylic acids is 1. The van der Waals surface area contributed by atoms with Gasteiger partial charge >= 0.3 is 5.97 Å². The number of carbonyl (C=O) groups is 2. The van der Waals surface area contributed by atoms with E-state index < -0.39 is 12.1 Å². The van der Waals surface area contributed by atoms with Crippen LogP contribution in [0, 0.1) is 11.8 Å². The highest BCUT2D eigenvalue weighted by Crippen LogP contribution is 2.27. The molecular weight excluding hydrogens is 280 g/mol. The Bertz CT molecular complexity index is 448. The fourth-order valence-corrected chi connectivity index (χ4v) is 2.52. The lowest BCUT2D eigenvalue weighted by Gasteiger charge is -2.13. The third-order valence-electron chi connectivity index (χ3n) is 3.80. The molecule has 0 aromatic heterocycles. The van der Waals surface area contributed by atoms with Crippen molar-refractivity contribution in [2.24, 2.45) is 11.8 Å². The molecule has 0 aromatic carbocycles. The summed E-state index contributed by atoms with van der Waals surface area (Å²) in [7, 11) is 0. The van der Waals surface area contributed by atoms with E-state index in [4.69, 9.17) is 5.11 Å². The van der Waals surface area contributed by atoms with Crippen LogP contribution in [0.5, 0.6) is 0 Å². The SMILES string of the molecule is CC/C=C\C[C@@H]1C(=O)C=C[C@@H]1/C=C/[C@H](O)CCCCC(=O)O. The Balaban J connectivity index is 2.39. The molecule has 0 aliphatic heterocycles. The number of ketones is 1. The van der Waals surface area contributed by atoms with Gasteiger partial charge in [0, 0.05) is 18.3 Å². The van der Waals surface area contributed by atoms with Gasteiger partial charge in [0.25, 0.3) is 0 Å². The van der Waals surface area contributed by atoms with Crippen LogP contribution >= 0.6 is 0 Å². The summed E-state index contributed by atoms with van der Waals surface area (Å²) in [5.74, 6) is -0.671. The molecule has 0 fully saturated rings. The molecule has 1 aliphatic rings. The van der Waals surface area contributed by atoms with Crippen molar-refractivity contribution >= 4 is 11.8 Å². The summed E-state index contributed by atoms with van der Waals surface area (Å²) in [6, 6.07) is 0. The Morgan fingerprint density at radius 3 is 2.82 bits per heavy atom. The van der Waals surface area contributed by atoms with E-state index in [0.29, 0.717) is 19.3 Å². The van der Waals surface area contributed by atoms with E-state index >= 15 is 0 Å². The number of carboxylic acids is 1. The van der Waals surface area contributed by atoms with Gasteiger partial charge in [-0.3, -0.25) is 9.59 Å². The zero-order valence-corrected chi connectivity index (χ0v) is 13.1. The van der Waals surface area contributed by atoms with Crippen molar-refractivity contribution in [1.29, 1.82) is 0 Å². The highest BCUT2D eigenvalue weighted by atomic mass is 16.4. The van der Waals surface area contributed by atoms with Crippen LogP contribution in [-0.2, 0) is 9.59 Å². The Hall–Kier alpha value is -1.68. The zero-order chi connectivity index (χ0) is 16.4. The number of aliphatic hydroxyl groups is 1. The van der Waals surface area contributed by atoms with Crippen LogP contribution < -0.4 is 0 Å². The van der Waals surface area contributed by atoms with Gasteiger partial charge in [0.1, 0.15) is 0 Å². The number of aliphatic hydroxyl groups excluding tert-OH is 1. The van der Waals surface area contributed by atoms with Crippen LogP contribution in [0.3, 0.4) is 0 Å². The van der Waals surface area contributed by atoms with E-state index in [1.807, 2.05) is 18.2 Å². The molecule has 0 amide bonds. The summed E-state index contributed by atoms with van der Waals surface area (Å²) >= 11 is 0. The number of allylic oxidation sites excluding steroid dienone is 5. The van der Waals surface area contributed by atoms with E-state index in [1.165, 1.54) is 0 Å². The fourth-order valence-electron chi connectivity index (χ4n) is 2.52. The van der Waals surface area contributed by atoms with E-state index in [0.717, 1.165) is 12.8 Å². The molecule has 122 valence electrons. The molecule has 0 spiro atoms. The first-order chi connectivity index (χ1) is 10.5. The van der Waals surface area contributed by atoms with Crippen molar-refractivity contribution in [3.05, 3.63) is 36.5 Å². The number of unbranched alkanes of at least 4 members (excludes halogenated alkanes) is 1. The second-order valence-electron chi connectivity index (χ2n) is 5.65. The average Bonchev–Trinajstić information content (AvgIpc) is 2.82. The maximum atomic E-state index is 11.8. The number of hydrogen-bond acceptors (Lipinski definition) is 3. The molecule has 0 bridgehead atoms. The van der Waals surface area contributed by atoms with Crippen LogP contribution in [0.25, 0.3) is 0 Å². The van der Waals surface area contributed by atoms with Crippen LogP contribution in [-0.4, -0.2) is 28.1 Å². The summed E-state index contributed by atoms with van der Waals surface area (Å²) in [6.07, 6.45) is 14.3. The molecule has 0 radical (unpaired) electrons. The Morgan fingerprint density at radius 2 is 2.14 bits per heavy atom. The van der Waals surface area contributed by atoms with Gasteiger partial charge in [-0.15, -0.1) is 0 Å². The summed E-state index contributed by atoms with van der Waals surface area (Å²) in [5, 5.41) is 18.4. The van der Waals surface area contributed by atoms with Crippen LogP contribution in [0.1, 0.15) is 45.4 Å². The molecule has 1 aliphatic carbocycles. The molecule has 0 aromatic rings. The lowest BCUT2D eigenvalue weighted by Crippen LogP contribution is -2.14. The van der Waals surface area contributed by atoms with Crippen molar-refractivity contribution in [3.8, 4) is 0 Å². The third kappa shape index (κ3) is 6.85. The largest absolute Gasteiger partial charge is 0.481 e. The number of rotatable bonds is 10. The molecule has 0 unspecified atom stereocenters. The lowest BCUT2D eigenvalue weighted by molar-refractivity contribution is -0.137. The Kier molecular flexibility index (Phi) is 8.44. The van der Waals surface area contributed by atoms with E-state index in [1.54, 1.807) is 12.2 Å². The molecule has 0 saturated carbocycles. The minimum absolute atomic E-state index is 0.0441. The van der Waals surface area contributed by atoms with Gasteiger partial charge in [0.15, 0.2) is 5.78 Å². The Morgan fingerprint density at radius 1 is 1.36 bits per heavy atom. The average molecular weight is 306 g/mol. The summed E-state index contributed by atoms with van der Waals surface area (Å²) in [5.41, 5.74) is 0. The second kappa shape index (κ2) is 10.1. The summed E-state index contributed by atoms with van der Waals surface area (Å²) < 4.78 is 0. The monoisotopic (exact) mass is 306 g/mol. The topological polar surface area (TPSA) is 74.6 Å². The standard InChI is InChI=1S/C18H26O4/c1-2-3-4-8-16-14(11-13-17(16)20)10-12-15(19)7-5-6-9-18(21)22/h3-4,10-16,19H,2,5-9H2,1H3,(H,21,22)/b4-3-,12-10+/t14-,15+,16-/m0/s1. The number of hydrogen-bond donors (Lipinski definition) is 2. The van der Waals surface area contributed by atoms with Gasteiger partial charge in [0.2, 0.25) is 0 Å². The van der Waals surface area contributed by atoms with E-state index in [9.17, 15) is 14.7 Å². The number of carboxylic acid groups (broad SMARTS) is 1. The Labute approximate surface area is 132 Å². The summed E-state index contributed by atoms with van der Waals surface area (Å²) in [6.45, 7) is 2.06. The first-order valence-electron chi connectivity index (χ1n) is 7.99. The molecule has 0 heterocycles. The molecular formula is C18H26O4. The van der Waals surface area contributed by atoms with Gasteiger partial charge in [-0.05, 0) is 38.2 Å². The van der Waals surface area contributed by atoms with Gasteiger partial charge in [-0.1, -0.05) is 37.3 Å². The number of aliphatic carboxylic acids is 1. The zero-order valence-electron chi connectivity index (χ0n) is 13.1. The predicted octanol–water partition coefficient (Wildman–Crippen LogP) is 3.28. The molecule has 2 N–H and O–H groups in total. The van der Waals surface area contributed by atoms with Gasteiger partial charge in [-0.25, -0.2) is 0 Å².